The number of imidazole rings is 2. The van der Waals surface area contributed by atoms with E-state index in [1.54, 1.807) is 21.6 Å². The third kappa shape index (κ3) is 4.19. The Kier molecular flexibility index (Phi) is 5.43. The zero-order valence-corrected chi connectivity index (χ0v) is 18.2. The van der Waals surface area contributed by atoms with Crippen LogP contribution < -0.4 is 16.4 Å². The van der Waals surface area contributed by atoms with Crippen molar-refractivity contribution in [1.82, 2.24) is 24.1 Å². The third-order valence-corrected chi connectivity index (χ3v) is 6.31. The van der Waals surface area contributed by atoms with Gasteiger partial charge in [0.2, 0.25) is 0 Å². The van der Waals surface area contributed by atoms with Crippen molar-refractivity contribution >= 4 is 46.0 Å². The number of hydrogen-bond donors (Lipinski definition) is 3. The van der Waals surface area contributed by atoms with Crippen molar-refractivity contribution in [2.45, 2.75) is 37.8 Å². The van der Waals surface area contributed by atoms with Crippen LogP contribution in [0.4, 0.5) is 17.2 Å². The van der Waals surface area contributed by atoms with Crippen LogP contribution in [0.5, 0.6) is 0 Å². The standard InChI is InChI=1S/C21H22Cl2N8/c22-19-20(23)30(12-26-19)16-7-5-14(6-8-16)27-17-11-18(29-31-10-9-25-21(17)31)28-15-3-1-13(24)2-4-15/h5-13,15,27H,1-4,24H2,(H,28,29). The van der Waals surface area contributed by atoms with Gasteiger partial charge < -0.3 is 16.4 Å². The van der Waals surface area contributed by atoms with Gasteiger partial charge in [-0.05, 0) is 49.9 Å². The fourth-order valence-corrected chi connectivity index (χ4v) is 4.23. The molecule has 1 aliphatic carbocycles. The van der Waals surface area contributed by atoms with Crippen molar-refractivity contribution in [3.8, 4) is 5.69 Å². The van der Waals surface area contributed by atoms with Crippen LogP contribution in [0, 0.1) is 0 Å². The molecule has 1 saturated carbocycles. The lowest BCUT2D eigenvalue weighted by Gasteiger charge is -2.27. The van der Waals surface area contributed by atoms with E-state index in [1.807, 2.05) is 36.5 Å². The van der Waals surface area contributed by atoms with Crippen LogP contribution in [0.25, 0.3) is 11.3 Å². The van der Waals surface area contributed by atoms with Gasteiger partial charge in [0, 0.05) is 41.9 Å². The van der Waals surface area contributed by atoms with Crippen LogP contribution in [0.1, 0.15) is 25.7 Å². The Bertz CT molecular complexity index is 1190. The Hall–Kier alpha value is -2.81. The van der Waals surface area contributed by atoms with E-state index in [1.165, 1.54) is 0 Å². The molecular formula is C21H22Cl2N8. The molecule has 0 aliphatic heterocycles. The highest BCUT2D eigenvalue weighted by atomic mass is 35.5. The van der Waals surface area contributed by atoms with Crippen LogP contribution >= 0.6 is 23.2 Å². The number of nitrogens with zero attached hydrogens (tertiary/aromatic N) is 5. The molecule has 4 aromatic rings. The van der Waals surface area contributed by atoms with E-state index in [0.29, 0.717) is 17.2 Å². The van der Waals surface area contributed by atoms with Crippen molar-refractivity contribution in [2.24, 2.45) is 5.73 Å². The van der Waals surface area contributed by atoms with E-state index in [9.17, 15) is 0 Å². The van der Waals surface area contributed by atoms with Crippen LogP contribution in [0.15, 0.2) is 49.1 Å². The molecule has 3 aromatic heterocycles. The number of rotatable bonds is 5. The van der Waals surface area contributed by atoms with Gasteiger partial charge in [0.15, 0.2) is 16.0 Å². The molecule has 1 aromatic carbocycles. The minimum Gasteiger partial charge on any atom is -0.366 e. The van der Waals surface area contributed by atoms with Gasteiger partial charge in [0.05, 0.1) is 5.69 Å². The molecular weight excluding hydrogens is 435 g/mol. The topological polar surface area (TPSA) is 98.1 Å². The summed E-state index contributed by atoms with van der Waals surface area (Å²) >= 11 is 12.1. The number of hydrogen-bond acceptors (Lipinski definition) is 6. The second-order valence-corrected chi connectivity index (χ2v) is 8.48. The molecule has 0 radical (unpaired) electrons. The zero-order chi connectivity index (χ0) is 21.4. The second kappa shape index (κ2) is 8.37. The highest BCUT2D eigenvalue weighted by molar-refractivity contribution is 6.40. The Morgan fingerprint density at radius 2 is 1.81 bits per heavy atom. The molecule has 8 nitrogen and oxygen atoms in total. The number of halogens is 2. The van der Waals surface area contributed by atoms with Gasteiger partial charge in [0.1, 0.15) is 12.1 Å². The second-order valence-electron chi connectivity index (χ2n) is 7.76. The van der Waals surface area contributed by atoms with Crippen LogP contribution in [0.3, 0.4) is 0 Å². The third-order valence-electron chi connectivity index (χ3n) is 5.58. The average Bonchev–Trinajstić information content (AvgIpc) is 3.37. The maximum Gasteiger partial charge on any atom is 0.177 e. The first-order chi connectivity index (χ1) is 15.1. The minimum absolute atomic E-state index is 0.280. The van der Waals surface area contributed by atoms with Gasteiger partial charge >= 0.3 is 0 Å². The first kappa shape index (κ1) is 20.1. The lowest BCUT2D eigenvalue weighted by molar-refractivity contribution is 0.410. The summed E-state index contributed by atoms with van der Waals surface area (Å²) in [6.45, 7) is 0. The average molecular weight is 457 g/mol. The summed E-state index contributed by atoms with van der Waals surface area (Å²) in [5.41, 5.74) is 9.44. The summed E-state index contributed by atoms with van der Waals surface area (Å²) < 4.78 is 3.51. The van der Waals surface area contributed by atoms with Crippen LogP contribution in [0.2, 0.25) is 10.3 Å². The normalized spacial score (nSPS) is 18.9. The van der Waals surface area contributed by atoms with Gasteiger partial charge in [-0.2, -0.15) is 0 Å². The van der Waals surface area contributed by atoms with E-state index < -0.39 is 0 Å². The number of nitrogens with two attached hydrogens (primary N) is 1. The molecule has 5 rings (SSSR count). The molecule has 0 unspecified atom stereocenters. The van der Waals surface area contributed by atoms with Gasteiger partial charge in [-0.1, -0.05) is 23.2 Å². The first-order valence-corrected chi connectivity index (χ1v) is 10.9. The quantitative estimate of drug-likeness (QED) is 0.404. The molecule has 3 heterocycles. The van der Waals surface area contributed by atoms with E-state index in [-0.39, 0.29) is 5.15 Å². The lowest BCUT2D eigenvalue weighted by atomic mass is 9.92. The van der Waals surface area contributed by atoms with Crippen molar-refractivity contribution in [3.63, 3.8) is 0 Å². The van der Waals surface area contributed by atoms with Gasteiger partial charge in [-0.15, -0.1) is 5.10 Å². The summed E-state index contributed by atoms with van der Waals surface area (Å²) in [5.74, 6) is 0.810. The molecule has 4 N–H and O–H groups in total. The highest BCUT2D eigenvalue weighted by Crippen LogP contribution is 2.28. The summed E-state index contributed by atoms with van der Waals surface area (Å²) in [6.07, 6.45) is 9.36. The van der Waals surface area contributed by atoms with E-state index in [4.69, 9.17) is 28.9 Å². The maximum atomic E-state index is 6.19. The predicted octanol–water partition coefficient (Wildman–Crippen LogP) is 4.65. The van der Waals surface area contributed by atoms with Crippen LogP contribution in [-0.4, -0.2) is 36.2 Å². The molecule has 1 fully saturated rings. The minimum atomic E-state index is 0.280. The van der Waals surface area contributed by atoms with Gasteiger partial charge in [-0.25, -0.2) is 14.5 Å². The lowest BCUT2D eigenvalue weighted by Crippen LogP contribution is -2.33. The summed E-state index contributed by atoms with van der Waals surface area (Å²) in [7, 11) is 0. The van der Waals surface area contributed by atoms with Crippen LogP contribution in [-0.2, 0) is 0 Å². The molecule has 0 saturated heterocycles. The molecule has 31 heavy (non-hydrogen) atoms. The first-order valence-electron chi connectivity index (χ1n) is 10.2. The predicted molar refractivity (Wildman–Crippen MR) is 124 cm³/mol. The molecule has 160 valence electrons. The molecule has 10 heteroatoms. The molecule has 0 bridgehead atoms. The fourth-order valence-electron chi connectivity index (χ4n) is 3.90. The smallest absolute Gasteiger partial charge is 0.177 e. The molecule has 1 aliphatic rings. The number of fused-ring (bicyclic) bond motifs is 1. The summed E-state index contributed by atoms with van der Waals surface area (Å²) in [5, 5.41) is 12.3. The SMILES string of the molecule is NC1CCC(Nc2cc(Nc3ccc(-n4cnc(Cl)c4Cl)cc3)c3nccn3n2)CC1. The van der Waals surface area contributed by atoms with E-state index in [0.717, 1.165) is 54.2 Å². The summed E-state index contributed by atoms with van der Waals surface area (Å²) in [6, 6.07) is 10.5. The molecule has 0 amide bonds. The van der Waals surface area contributed by atoms with Crippen molar-refractivity contribution in [1.29, 1.82) is 0 Å². The van der Waals surface area contributed by atoms with E-state index >= 15 is 0 Å². The molecule has 0 atom stereocenters. The maximum absolute atomic E-state index is 6.19. The van der Waals surface area contributed by atoms with Crippen molar-refractivity contribution in [2.75, 3.05) is 10.6 Å². The van der Waals surface area contributed by atoms with E-state index in [2.05, 4.69) is 25.7 Å². The number of nitrogens with one attached hydrogen (secondary N) is 2. The Balaban J connectivity index is 1.38. The zero-order valence-electron chi connectivity index (χ0n) is 16.7. The summed E-state index contributed by atoms with van der Waals surface area (Å²) in [4.78, 5) is 8.46. The Morgan fingerprint density at radius 1 is 1.03 bits per heavy atom. The molecule has 0 spiro atoms. The van der Waals surface area contributed by atoms with Crippen molar-refractivity contribution < 1.29 is 0 Å². The monoisotopic (exact) mass is 456 g/mol. The highest BCUT2D eigenvalue weighted by Gasteiger charge is 2.19. The van der Waals surface area contributed by atoms with Gasteiger partial charge in [-0.3, -0.25) is 4.57 Å². The Labute approximate surface area is 189 Å². The number of anilines is 3. The number of benzene rings is 1. The van der Waals surface area contributed by atoms with Gasteiger partial charge in [0.25, 0.3) is 0 Å². The number of aromatic nitrogens is 5. The van der Waals surface area contributed by atoms with Crippen molar-refractivity contribution in [3.05, 3.63) is 59.4 Å². The fraction of sp³-hybridized carbons (Fsp3) is 0.286. The Morgan fingerprint density at radius 3 is 2.52 bits per heavy atom. The largest absolute Gasteiger partial charge is 0.366 e.